The van der Waals surface area contributed by atoms with Gasteiger partial charge in [-0.1, -0.05) is 23.8 Å². The van der Waals surface area contributed by atoms with Crippen molar-refractivity contribution in [3.8, 4) is 0 Å². The van der Waals surface area contributed by atoms with Crippen molar-refractivity contribution < 1.29 is 13.2 Å². The highest BCUT2D eigenvalue weighted by atomic mass is 19.4. The molecule has 1 aliphatic carbocycles. The number of halogens is 3. The normalized spacial score (nSPS) is 25.1. The van der Waals surface area contributed by atoms with Gasteiger partial charge in [0.15, 0.2) is 0 Å². The van der Waals surface area contributed by atoms with Gasteiger partial charge in [-0.2, -0.15) is 13.2 Å². The van der Waals surface area contributed by atoms with Crippen LogP contribution in [-0.4, -0.2) is 6.18 Å². The van der Waals surface area contributed by atoms with Gasteiger partial charge in [0, 0.05) is 0 Å². The maximum atomic E-state index is 12.0. The lowest BCUT2D eigenvalue weighted by atomic mass is 9.97. The molecule has 0 amide bonds. The first-order chi connectivity index (χ1) is 5.00. The van der Waals surface area contributed by atoms with Gasteiger partial charge in [0.05, 0.1) is 5.92 Å². The smallest absolute Gasteiger partial charge is 0.170 e. The van der Waals surface area contributed by atoms with Crippen LogP contribution in [0.2, 0.25) is 0 Å². The molecule has 0 saturated carbocycles. The summed E-state index contributed by atoms with van der Waals surface area (Å²) in [5, 5.41) is 0. The quantitative estimate of drug-likeness (QED) is 0.513. The number of hydrogen-bond acceptors (Lipinski definition) is 0. The molecule has 0 aromatic heterocycles. The van der Waals surface area contributed by atoms with Crippen molar-refractivity contribution in [1.29, 1.82) is 0 Å². The minimum Gasteiger partial charge on any atom is -0.170 e. The first kappa shape index (κ1) is 8.37. The molecule has 0 saturated heterocycles. The number of rotatable bonds is 0. The van der Waals surface area contributed by atoms with Crippen LogP contribution in [0.5, 0.6) is 0 Å². The van der Waals surface area contributed by atoms with E-state index in [4.69, 9.17) is 0 Å². The lowest BCUT2D eigenvalue weighted by Crippen LogP contribution is -2.21. The summed E-state index contributed by atoms with van der Waals surface area (Å²) >= 11 is 0. The zero-order chi connectivity index (χ0) is 8.48. The molecule has 0 heterocycles. The monoisotopic (exact) mass is 162 g/mol. The topological polar surface area (TPSA) is 0 Å². The van der Waals surface area contributed by atoms with Gasteiger partial charge in [0.2, 0.25) is 0 Å². The molecule has 3 heteroatoms. The number of hydrogen-bond donors (Lipinski definition) is 0. The zero-order valence-electron chi connectivity index (χ0n) is 6.15. The Morgan fingerprint density at radius 2 is 2.09 bits per heavy atom. The summed E-state index contributed by atoms with van der Waals surface area (Å²) in [5.41, 5.74) is 0.908. The van der Waals surface area contributed by atoms with Crippen molar-refractivity contribution in [2.45, 2.75) is 19.5 Å². The highest BCUT2D eigenvalue weighted by Crippen LogP contribution is 2.32. The van der Waals surface area contributed by atoms with Crippen molar-refractivity contribution >= 4 is 0 Å². The van der Waals surface area contributed by atoms with Crippen LogP contribution < -0.4 is 0 Å². The molecular formula is C8H9F3. The van der Waals surface area contributed by atoms with E-state index in [0.29, 0.717) is 0 Å². The fourth-order valence-corrected chi connectivity index (χ4v) is 0.970. The average Bonchev–Trinajstić information content (AvgIpc) is 1.86. The minimum atomic E-state index is -4.08. The Hall–Kier alpha value is -0.730. The third-order valence-corrected chi connectivity index (χ3v) is 1.71. The van der Waals surface area contributed by atoms with Crippen LogP contribution in [0.3, 0.4) is 0 Å². The molecule has 0 bridgehead atoms. The van der Waals surface area contributed by atoms with Crippen LogP contribution in [0.25, 0.3) is 0 Å². The highest BCUT2D eigenvalue weighted by molar-refractivity contribution is 5.21. The maximum Gasteiger partial charge on any atom is 0.395 e. The Morgan fingerprint density at radius 3 is 2.45 bits per heavy atom. The summed E-state index contributed by atoms with van der Waals surface area (Å²) in [5.74, 6) is -1.27. The van der Waals surface area contributed by atoms with E-state index in [1.54, 1.807) is 13.0 Å². The van der Waals surface area contributed by atoms with E-state index in [1.807, 2.05) is 0 Å². The van der Waals surface area contributed by atoms with Crippen LogP contribution in [0.4, 0.5) is 13.2 Å². The standard InChI is InChI=1S/C8H9F3/c1-6-2-4-7(5-3-6)8(9,10)11/h2-4,7H,5H2,1H3. The lowest BCUT2D eigenvalue weighted by molar-refractivity contribution is -0.160. The molecule has 0 nitrogen and oxygen atoms in total. The van der Waals surface area contributed by atoms with Gasteiger partial charge in [-0.25, -0.2) is 0 Å². The molecule has 1 unspecified atom stereocenters. The molecule has 62 valence electrons. The van der Waals surface area contributed by atoms with Crippen LogP contribution in [-0.2, 0) is 0 Å². The number of alkyl halides is 3. The van der Waals surface area contributed by atoms with E-state index in [2.05, 4.69) is 0 Å². The molecule has 0 radical (unpaired) electrons. The minimum absolute atomic E-state index is 0.0891. The van der Waals surface area contributed by atoms with Crippen LogP contribution >= 0.6 is 0 Å². The van der Waals surface area contributed by atoms with E-state index in [9.17, 15) is 13.2 Å². The summed E-state index contributed by atoms with van der Waals surface area (Å²) in [6, 6.07) is 0. The summed E-state index contributed by atoms with van der Waals surface area (Å²) in [7, 11) is 0. The Kier molecular flexibility index (Phi) is 2.07. The fourth-order valence-electron chi connectivity index (χ4n) is 0.970. The van der Waals surface area contributed by atoms with Gasteiger partial charge in [-0.05, 0) is 13.3 Å². The van der Waals surface area contributed by atoms with Gasteiger partial charge in [0.25, 0.3) is 0 Å². The maximum absolute atomic E-state index is 12.0. The molecule has 0 aliphatic heterocycles. The van der Waals surface area contributed by atoms with E-state index in [1.165, 1.54) is 12.2 Å². The van der Waals surface area contributed by atoms with Crippen LogP contribution in [0, 0.1) is 5.92 Å². The molecule has 0 fully saturated rings. The zero-order valence-corrected chi connectivity index (χ0v) is 6.15. The lowest BCUT2D eigenvalue weighted by Gasteiger charge is -2.17. The molecule has 0 aromatic rings. The second kappa shape index (κ2) is 2.72. The van der Waals surface area contributed by atoms with E-state index in [-0.39, 0.29) is 6.42 Å². The van der Waals surface area contributed by atoms with Crippen molar-refractivity contribution in [1.82, 2.24) is 0 Å². The first-order valence-corrected chi connectivity index (χ1v) is 3.42. The van der Waals surface area contributed by atoms with Gasteiger partial charge in [0.1, 0.15) is 0 Å². The van der Waals surface area contributed by atoms with E-state index >= 15 is 0 Å². The van der Waals surface area contributed by atoms with Crippen LogP contribution in [0.1, 0.15) is 13.3 Å². The average molecular weight is 162 g/mol. The van der Waals surface area contributed by atoms with Crippen LogP contribution in [0.15, 0.2) is 23.8 Å². The molecule has 1 atom stereocenters. The van der Waals surface area contributed by atoms with Gasteiger partial charge in [-0.3, -0.25) is 0 Å². The molecule has 1 rings (SSSR count). The second-order valence-corrected chi connectivity index (χ2v) is 2.69. The molecule has 11 heavy (non-hydrogen) atoms. The molecule has 1 aliphatic rings. The Balaban J connectivity index is 2.63. The van der Waals surface area contributed by atoms with Gasteiger partial charge in [-0.15, -0.1) is 0 Å². The molecule has 0 spiro atoms. The third kappa shape index (κ3) is 2.10. The van der Waals surface area contributed by atoms with Crippen molar-refractivity contribution in [2.24, 2.45) is 5.92 Å². The SMILES string of the molecule is CC1=CCC(C(F)(F)F)C=C1. The summed E-state index contributed by atoms with van der Waals surface area (Å²) in [6.07, 6.45) is 0.356. The highest BCUT2D eigenvalue weighted by Gasteiger charge is 2.37. The van der Waals surface area contributed by atoms with Gasteiger partial charge >= 0.3 is 6.18 Å². The number of allylic oxidation sites excluding steroid dienone is 4. The Labute approximate surface area is 63.4 Å². The summed E-state index contributed by atoms with van der Waals surface area (Å²) in [4.78, 5) is 0. The largest absolute Gasteiger partial charge is 0.395 e. The predicted octanol–water partition coefficient (Wildman–Crippen LogP) is 3.07. The first-order valence-electron chi connectivity index (χ1n) is 3.42. The predicted molar refractivity (Wildman–Crippen MR) is 37.1 cm³/mol. The van der Waals surface area contributed by atoms with Crippen molar-refractivity contribution in [2.75, 3.05) is 0 Å². The van der Waals surface area contributed by atoms with E-state index in [0.717, 1.165) is 5.57 Å². The van der Waals surface area contributed by atoms with Gasteiger partial charge < -0.3 is 0 Å². The van der Waals surface area contributed by atoms with Crippen molar-refractivity contribution in [3.63, 3.8) is 0 Å². The third-order valence-electron chi connectivity index (χ3n) is 1.71. The fraction of sp³-hybridized carbons (Fsp3) is 0.500. The molecular weight excluding hydrogens is 153 g/mol. The molecule has 0 aromatic carbocycles. The Bertz CT molecular complexity index is 198. The van der Waals surface area contributed by atoms with Crippen molar-refractivity contribution in [3.05, 3.63) is 23.8 Å². The second-order valence-electron chi connectivity index (χ2n) is 2.69. The Morgan fingerprint density at radius 1 is 1.45 bits per heavy atom. The summed E-state index contributed by atoms with van der Waals surface area (Å²) in [6.45, 7) is 1.79. The molecule has 0 N–H and O–H groups in total. The van der Waals surface area contributed by atoms with E-state index < -0.39 is 12.1 Å². The summed E-state index contributed by atoms with van der Waals surface area (Å²) < 4.78 is 36.0.